The molecule has 23 heavy (non-hydrogen) atoms. The molecule has 3 aromatic rings. The van der Waals surface area contributed by atoms with Crippen LogP contribution in [0.25, 0.3) is 0 Å². The van der Waals surface area contributed by atoms with E-state index in [1.807, 2.05) is 0 Å². The fourth-order valence-corrected chi connectivity index (χ4v) is 1.90. The van der Waals surface area contributed by atoms with Gasteiger partial charge in [0, 0.05) is 11.8 Å². The third kappa shape index (κ3) is 3.70. The number of hydrogen-bond donors (Lipinski definition) is 2. The predicted octanol–water partition coefficient (Wildman–Crippen LogP) is 3.51. The van der Waals surface area contributed by atoms with Crippen molar-refractivity contribution in [3.63, 3.8) is 0 Å². The number of carbonyl (C=O) groups excluding carboxylic acids is 1. The first-order valence-corrected chi connectivity index (χ1v) is 6.83. The molecular weight excluding hydrogens is 299 g/mol. The van der Waals surface area contributed by atoms with Gasteiger partial charge in [-0.05, 0) is 43.3 Å². The normalized spacial score (nSPS) is 10.3. The zero-order valence-corrected chi connectivity index (χ0v) is 12.2. The Morgan fingerprint density at radius 1 is 1.13 bits per heavy atom. The maximum Gasteiger partial charge on any atom is 0.274 e. The summed E-state index contributed by atoms with van der Waals surface area (Å²) in [5.41, 5.74) is 1.42. The molecule has 0 radical (unpaired) electrons. The molecule has 0 aliphatic rings. The van der Waals surface area contributed by atoms with Gasteiger partial charge in [0.1, 0.15) is 17.3 Å². The molecule has 0 aliphatic carbocycles. The largest absolute Gasteiger partial charge is 0.360 e. The van der Waals surface area contributed by atoms with Gasteiger partial charge in [-0.3, -0.25) is 4.79 Å². The van der Waals surface area contributed by atoms with Gasteiger partial charge in [0.2, 0.25) is 0 Å². The summed E-state index contributed by atoms with van der Waals surface area (Å²) in [5.74, 6) is 0.517. The van der Waals surface area contributed by atoms with E-state index in [1.165, 1.54) is 30.5 Å². The van der Waals surface area contributed by atoms with Crippen molar-refractivity contribution in [2.75, 3.05) is 10.6 Å². The van der Waals surface area contributed by atoms with E-state index in [-0.39, 0.29) is 17.4 Å². The maximum atomic E-state index is 12.8. The lowest BCUT2D eigenvalue weighted by atomic mass is 10.2. The number of benzene rings is 1. The van der Waals surface area contributed by atoms with Crippen molar-refractivity contribution < 1.29 is 13.7 Å². The lowest BCUT2D eigenvalue weighted by Gasteiger charge is -2.06. The first-order chi connectivity index (χ1) is 11.1. The first kappa shape index (κ1) is 14.7. The molecule has 116 valence electrons. The van der Waals surface area contributed by atoms with Crippen LogP contribution in [0.3, 0.4) is 0 Å². The summed E-state index contributed by atoms with van der Waals surface area (Å²) in [4.78, 5) is 16.1. The summed E-state index contributed by atoms with van der Waals surface area (Å²) in [6.45, 7) is 1.79. The van der Waals surface area contributed by atoms with Crippen LogP contribution in [0.2, 0.25) is 0 Å². The summed E-state index contributed by atoms with van der Waals surface area (Å²) in [7, 11) is 0. The molecule has 0 saturated carbocycles. The average Bonchev–Trinajstić information content (AvgIpc) is 2.95. The van der Waals surface area contributed by atoms with Crippen LogP contribution < -0.4 is 10.6 Å². The second-order valence-electron chi connectivity index (χ2n) is 4.84. The summed E-state index contributed by atoms with van der Waals surface area (Å²) in [6.07, 6.45) is 1.52. The highest BCUT2D eigenvalue weighted by molar-refractivity contribution is 6.02. The minimum absolute atomic E-state index is 0.246. The predicted molar refractivity (Wildman–Crippen MR) is 83.1 cm³/mol. The van der Waals surface area contributed by atoms with Gasteiger partial charge in [0.05, 0.1) is 11.9 Å². The van der Waals surface area contributed by atoms with Crippen molar-refractivity contribution in [3.8, 4) is 0 Å². The van der Waals surface area contributed by atoms with Crippen LogP contribution in [0.4, 0.5) is 21.6 Å². The Hall–Kier alpha value is -3.22. The van der Waals surface area contributed by atoms with Crippen LogP contribution in [-0.4, -0.2) is 16.0 Å². The van der Waals surface area contributed by atoms with E-state index >= 15 is 0 Å². The Kier molecular flexibility index (Phi) is 4.01. The van der Waals surface area contributed by atoms with Crippen molar-refractivity contribution in [1.29, 1.82) is 0 Å². The Morgan fingerprint density at radius 3 is 2.48 bits per heavy atom. The minimum Gasteiger partial charge on any atom is -0.360 e. The zero-order chi connectivity index (χ0) is 16.2. The number of halogens is 1. The van der Waals surface area contributed by atoms with Gasteiger partial charge in [-0.2, -0.15) is 0 Å². The van der Waals surface area contributed by atoms with Gasteiger partial charge < -0.3 is 15.2 Å². The summed E-state index contributed by atoms with van der Waals surface area (Å²) in [6, 6.07) is 10.5. The van der Waals surface area contributed by atoms with Crippen LogP contribution in [0.5, 0.6) is 0 Å². The summed E-state index contributed by atoms with van der Waals surface area (Å²) in [5, 5.41) is 9.46. The number of aryl methyl sites for hydroxylation is 1. The molecule has 0 saturated heterocycles. The van der Waals surface area contributed by atoms with Crippen molar-refractivity contribution in [2.24, 2.45) is 0 Å². The highest BCUT2D eigenvalue weighted by Crippen LogP contribution is 2.16. The van der Waals surface area contributed by atoms with Gasteiger partial charge in [-0.1, -0.05) is 5.16 Å². The number of anilines is 3. The Balaban J connectivity index is 1.66. The fourth-order valence-electron chi connectivity index (χ4n) is 1.90. The van der Waals surface area contributed by atoms with E-state index in [1.54, 1.807) is 25.1 Å². The smallest absolute Gasteiger partial charge is 0.274 e. The summed E-state index contributed by atoms with van der Waals surface area (Å²) >= 11 is 0. The topological polar surface area (TPSA) is 80.0 Å². The highest BCUT2D eigenvalue weighted by atomic mass is 19.1. The Bertz CT molecular complexity index is 813. The molecule has 0 bridgehead atoms. The zero-order valence-electron chi connectivity index (χ0n) is 12.2. The molecule has 3 rings (SSSR count). The van der Waals surface area contributed by atoms with E-state index in [4.69, 9.17) is 4.52 Å². The van der Waals surface area contributed by atoms with Crippen molar-refractivity contribution in [1.82, 2.24) is 10.1 Å². The molecular formula is C16H13FN4O2. The molecule has 7 heteroatoms. The van der Waals surface area contributed by atoms with E-state index in [2.05, 4.69) is 20.8 Å². The van der Waals surface area contributed by atoms with E-state index in [0.29, 0.717) is 23.0 Å². The maximum absolute atomic E-state index is 12.8. The lowest BCUT2D eigenvalue weighted by molar-refractivity contribution is 0.102. The van der Waals surface area contributed by atoms with E-state index in [0.717, 1.165) is 0 Å². The molecule has 2 N–H and O–H groups in total. The van der Waals surface area contributed by atoms with Gasteiger partial charge in [-0.15, -0.1) is 0 Å². The Morgan fingerprint density at radius 2 is 1.87 bits per heavy atom. The second-order valence-corrected chi connectivity index (χ2v) is 4.84. The molecule has 2 aromatic heterocycles. The van der Waals surface area contributed by atoms with Crippen LogP contribution >= 0.6 is 0 Å². The molecule has 0 fully saturated rings. The molecule has 0 unspecified atom stereocenters. The van der Waals surface area contributed by atoms with Gasteiger partial charge in [0.15, 0.2) is 5.82 Å². The summed E-state index contributed by atoms with van der Waals surface area (Å²) < 4.78 is 17.8. The van der Waals surface area contributed by atoms with Crippen LogP contribution in [-0.2, 0) is 0 Å². The highest BCUT2D eigenvalue weighted by Gasteiger charge is 2.08. The van der Waals surface area contributed by atoms with Gasteiger partial charge >= 0.3 is 0 Å². The third-order valence-corrected chi connectivity index (χ3v) is 3.00. The standard InChI is InChI=1S/C16H13FN4O2/c1-10-8-15(21-23-10)19-13-6-7-14(18-9-13)16(22)20-12-4-2-11(17)3-5-12/h2-9H,1H3,(H,19,21)(H,20,22). The Labute approximate surface area is 131 Å². The van der Waals surface area contributed by atoms with Crippen LogP contribution in [0.1, 0.15) is 16.2 Å². The lowest BCUT2D eigenvalue weighted by Crippen LogP contribution is -2.13. The van der Waals surface area contributed by atoms with Gasteiger partial charge in [-0.25, -0.2) is 9.37 Å². The number of aromatic nitrogens is 2. The molecule has 0 spiro atoms. The molecule has 2 heterocycles. The molecule has 0 atom stereocenters. The van der Waals surface area contributed by atoms with Crippen molar-refractivity contribution in [3.05, 3.63) is 65.9 Å². The third-order valence-electron chi connectivity index (χ3n) is 3.00. The van der Waals surface area contributed by atoms with Crippen LogP contribution in [0, 0.1) is 12.7 Å². The van der Waals surface area contributed by atoms with Crippen molar-refractivity contribution >= 4 is 23.1 Å². The monoisotopic (exact) mass is 312 g/mol. The molecule has 0 aliphatic heterocycles. The van der Waals surface area contributed by atoms with E-state index < -0.39 is 0 Å². The second kappa shape index (κ2) is 6.27. The number of nitrogens with one attached hydrogen (secondary N) is 2. The number of rotatable bonds is 4. The molecule has 1 aromatic carbocycles. The fraction of sp³-hybridized carbons (Fsp3) is 0.0625. The molecule has 6 nitrogen and oxygen atoms in total. The van der Waals surface area contributed by atoms with Gasteiger partial charge in [0.25, 0.3) is 5.91 Å². The van der Waals surface area contributed by atoms with E-state index in [9.17, 15) is 9.18 Å². The number of nitrogens with zero attached hydrogens (tertiary/aromatic N) is 2. The first-order valence-electron chi connectivity index (χ1n) is 6.83. The number of carbonyl (C=O) groups is 1. The molecule has 1 amide bonds. The quantitative estimate of drug-likeness (QED) is 0.770. The van der Waals surface area contributed by atoms with Crippen LogP contribution in [0.15, 0.2) is 53.2 Å². The minimum atomic E-state index is -0.375. The number of pyridine rings is 1. The van der Waals surface area contributed by atoms with Crippen molar-refractivity contribution in [2.45, 2.75) is 6.92 Å². The number of amides is 1. The number of hydrogen-bond acceptors (Lipinski definition) is 5. The SMILES string of the molecule is Cc1cc(Nc2ccc(C(=O)Nc3ccc(F)cc3)nc2)no1. The average molecular weight is 312 g/mol.